The molecule has 0 aromatic heterocycles. The van der Waals surface area contributed by atoms with E-state index in [0.29, 0.717) is 0 Å². The van der Waals surface area contributed by atoms with Crippen molar-refractivity contribution in [2.45, 2.75) is 58.8 Å². The smallest absolute Gasteiger partial charge is 0.00463 e. The maximum atomic E-state index is 3.37. The van der Waals surface area contributed by atoms with Crippen LogP contribution in [0.3, 0.4) is 0 Å². The van der Waals surface area contributed by atoms with Gasteiger partial charge in [0.25, 0.3) is 0 Å². The highest BCUT2D eigenvalue weighted by molar-refractivity contribution is 4.67. The summed E-state index contributed by atoms with van der Waals surface area (Å²) in [6.07, 6.45) is 9.81. The molecule has 0 unspecified atom stereocenters. The third-order valence-electron chi connectivity index (χ3n) is 4.19. The predicted molar refractivity (Wildman–Crippen MR) is 76.4 cm³/mol. The van der Waals surface area contributed by atoms with Gasteiger partial charge < -0.3 is 10.6 Å². The molecule has 0 amide bonds. The highest BCUT2D eigenvalue weighted by atomic mass is 14.9. The van der Waals surface area contributed by atoms with E-state index in [4.69, 9.17) is 0 Å². The molecule has 0 radical (unpaired) electrons. The zero-order chi connectivity index (χ0) is 12.3. The molecule has 2 heteroatoms. The molecule has 0 spiro atoms. The quantitative estimate of drug-likeness (QED) is 0.792. The third kappa shape index (κ3) is 7.05. The molecule has 2 aliphatic rings. The van der Waals surface area contributed by atoms with Gasteiger partial charge in [-0.3, -0.25) is 0 Å². The normalized spacial score (nSPS) is 22.9. The molecule has 0 aromatic carbocycles. The molecule has 0 bridgehead atoms. The van der Waals surface area contributed by atoms with E-state index in [2.05, 4.69) is 24.5 Å². The zero-order valence-electron chi connectivity index (χ0n) is 11.9. The van der Waals surface area contributed by atoms with Crippen LogP contribution in [0.25, 0.3) is 0 Å². The maximum absolute atomic E-state index is 3.37. The summed E-state index contributed by atoms with van der Waals surface area (Å²) in [7, 11) is 0. The Balaban J connectivity index is 0.000000171. The summed E-state index contributed by atoms with van der Waals surface area (Å²) in [6, 6.07) is 0. The van der Waals surface area contributed by atoms with Crippen LogP contribution < -0.4 is 10.6 Å². The number of rotatable bonds is 3. The van der Waals surface area contributed by atoms with Crippen molar-refractivity contribution in [2.75, 3.05) is 26.2 Å². The van der Waals surface area contributed by atoms with E-state index in [1.165, 1.54) is 71.1 Å². The van der Waals surface area contributed by atoms with Crippen molar-refractivity contribution in [1.29, 1.82) is 0 Å². The highest BCUT2D eigenvalue weighted by Crippen LogP contribution is 2.16. The van der Waals surface area contributed by atoms with Crippen molar-refractivity contribution in [2.24, 2.45) is 11.8 Å². The molecule has 2 heterocycles. The molecule has 17 heavy (non-hydrogen) atoms. The van der Waals surface area contributed by atoms with Crippen LogP contribution >= 0.6 is 0 Å². The molecular weight excluding hydrogens is 208 g/mol. The van der Waals surface area contributed by atoms with Crippen molar-refractivity contribution >= 4 is 0 Å². The van der Waals surface area contributed by atoms with Gasteiger partial charge in [0, 0.05) is 0 Å². The lowest BCUT2D eigenvalue weighted by Crippen LogP contribution is -2.27. The van der Waals surface area contributed by atoms with E-state index in [1.54, 1.807) is 0 Å². The van der Waals surface area contributed by atoms with Gasteiger partial charge in [0.15, 0.2) is 0 Å². The lowest BCUT2D eigenvalue weighted by Gasteiger charge is -2.21. The first kappa shape index (κ1) is 15.0. The summed E-state index contributed by atoms with van der Waals surface area (Å²) in [5.41, 5.74) is 0. The summed E-state index contributed by atoms with van der Waals surface area (Å²) in [6.45, 7) is 9.57. The van der Waals surface area contributed by atoms with Crippen LogP contribution in [-0.4, -0.2) is 26.2 Å². The lowest BCUT2D eigenvalue weighted by molar-refractivity contribution is 0.351. The Hall–Kier alpha value is -0.0800. The molecule has 2 aliphatic heterocycles. The Bertz CT molecular complexity index is 156. The number of piperidine rings is 2. The van der Waals surface area contributed by atoms with Gasteiger partial charge >= 0.3 is 0 Å². The van der Waals surface area contributed by atoms with Crippen molar-refractivity contribution in [3.8, 4) is 0 Å². The lowest BCUT2D eigenvalue weighted by atomic mass is 9.94. The van der Waals surface area contributed by atoms with Crippen LogP contribution in [0, 0.1) is 11.8 Å². The fraction of sp³-hybridized carbons (Fsp3) is 1.00. The molecular formula is C15H32N2. The van der Waals surface area contributed by atoms with E-state index in [1.807, 2.05) is 0 Å². The average molecular weight is 240 g/mol. The fourth-order valence-electron chi connectivity index (χ4n) is 2.87. The van der Waals surface area contributed by atoms with Gasteiger partial charge in [0.2, 0.25) is 0 Å². The summed E-state index contributed by atoms with van der Waals surface area (Å²) < 4.78 is 0. The predicted octanol–water partition coefficient (Wildman–Crippen LogP) is 3.18. The van der Waals surface area contributed by atoms with Crippen molar-refractivity contribution < 1.29 is 0 Å². The summed E-state index contributed by atoms with van der Waals surface area (Å²) in [4.78, 5) is 0. The van der Waals surface area contributed by atoms with Gasteiger partial charge in [-0.1, -0.05) is 33.1 Å². The van der Waals surface area contributed by atoms with Gasteiger partial charge in [-0.25, -0.2) is 0 Å². The van der Waals surface area contributed by atoms with Gasteiger partial charge in [-0.05, 0) is 63.7 Å². The second-order valence-electron chi connectivity index (χ2n) is 5.58. The number of nitrogens with one attached hydrogen (secondary N) is 2. The minimum absolute atomic E-state index is 1.02. The molecule has 2 saturated heterocycles. The fourth-order valence-corrected chi connectivity index (χ4v) is 2.87. The first-order valence-electron chi connectivity index (χ1n) is 7.78. The van der Waals surface area contributed by atoms with Gasteiger partial charge in [0.05, 0.1) is 0 Å². The second-order valence-corrected chi connectivity index (χ2v) is 5.58. The first-order valence-corrected chi connectivity index (χ1v) is 7.78. The van der Waals surface area contributed by atoms with E-state index in [-0.39, 0.29) is 0 Å². The van der Waals surface area contributed by atoms with Gasteiger partial charge in [0.1, 0.15) is 0 Å². The molecule has 2 fully saturated rings. The summed E-state index contributed by atoms with van der Waals surface area (Å²) in [5.74, 6) is 2.06. The highest BCUT2D eigenvalue weighted by Gasteiger charge is 2.10. The zero-order valence-corrected chi connectivity index (χ0v) is 11.9. The van der Waals surface area contributed by atoms with Crippen LogP contribution in [0.5, 0.6) is 0 Å². The molecule has 2 N–H and O–H groups in total. The molecule has 102 valence electrons. The Morgan fingerprint density at radius 1 is 0.765 bits per heavy atom. The monoisotopic (exact) mass is 240 g/mol. The van der Waals surface area contributed by atoms with E-state index >= 15 is 0 Å². The van der Waals surface area contributed by atoms with Gasteiger partial charge in [-0.2, -0.15) is 0 Å². The molecule has 0 saturated carbocycles. The maximum Gasteiger partial charge on any atom is -0.00463 e. The minimum atomic E-state index is 1.02. The Kier molecular flexibility index (Phi) is 8.72. The molecule has 0 aliphatic carbocycles. The average Bonchev–Trinajstić information content (AvgIpc) is 2.42. The van der Waals surface area contributed by atoms with Crippen LogP contribution in [-0.2, 0) is 0 Å². The molecule has 0 atom stereocenters. The topological polar surface area (TPSA) is 24.1 Å². The standard InChI is InChI=1S/C8H17N.C7H15N/c1-2-3-8-4-6-9-7-5-8;1-2-7-3-5-8-6-4-7/h8-9H,2-7H2,1H3;7-8H,2-6H2,1H3. The number of hydrogen-bond acceptors (Lipinski definition) is 2. The van der Waals surface area contributed by atoms with Crippen LogP contribution in [0.2, 0.25) is 0 Å². The van der Waals surface area contributed by atoms with Gasteiger partial charge in [-0.15, -0.1) is 0 Å². The van der Waals surface area contributed by atoms with Crippen LogP contribution in [0.1, 0.15) is 58.8 Å². The van der Waals surface area contributed by atoms with E-state index < -0.39 is 0 Å². The molecule has 2 nitrogen and oxygen atoms in total. The molecule has 2 rings (SSSR count). The Morgan fingerprint density at radius 3 is 1.59 bits per heavy atom. The van der Waals surface area contributed by atoms with Crippen LogP contribution in [0.15, 0.2) is 0 Å². The molecule has 0 aromatic rings. The largest absolute Gasteiger partial charge is 0.317 e. The SMILES string of the molecule is CCC1CCNCC1.CCCC1CCNCC1. The van der Waals surface area contributed by atoms with Crippen molar-refractivity contribution in [3.63, 3.8) is 0 Å². The second kappa shape index (κ2) is 9.90. The first-order chi connectivity index (χ1) is 8.36. The third-order valence-corrected chi connectivity index (χ3v) is 4.19. The summed E-state index contributed by atoms with van der Waals surface area (Å²) in [5, 5.41) is 6.72. The Labute approximate surface area is 108 Å². The Morgan fingerprint density at radius 2 is 1.24 bits per heavy atom. The van der Waals surface area contributed by atoms with Crippen LogP contribution in [0.4, 0.5) is 0 Å². The van der Waals surface area contributed by atoms with E-state index in [0.717, 1.165) is 11.8 Å². The summed E-state index contributed by atoms with van der Waals surface area (Å²) >= 11 is 0. The van der Waals surface area contributed by atoms with Crippen molar-refractivity contribution in [3.05, 3.63) is 0 Å². The van der Waals surface area contributed by atoms with Crippen molar-refractivity contribution in [1.82, 2.24) is 10.6 Å². The van der Waals surface area contributed by atoms with E-state index in [9.17, 15) is 0 Å². The number of hydrogen-bond donors (Lipinski definition) is 2. The minimum Gasteiger partial charge on any atom is -0.317 e.